The van der Waals surface area contributed by atoms with E-state index >= 15 is 0 Å². The minimum absolute atomic E-state index is 0.222. The van der Waals surface area contributed by atoms with Gasteiger partial charge in [0.05, 0.1) is 11.9 Å². The van der Waals surface area contributed by atoms with Gasteiger partial charge in [-0.25, -0.2) is 14.8 Å². The average Bonchev–Trinajstić information content (AvgIpc) is 3.19. The Bertz CT molecular complexity index is 1030. The van der Waals surface area contributed by atoms with Crippen LogP contribution >= 0.6 is 0 Å². The Morgan fingerprint density at radius 2 is 1.81 bits per heavy atom. The van der Waals surface area contributed by atoms with Crippen LogP contribution in [0.5, 0.6) is 0 Å². The van der Waals surface area contributed by atoms with Crippen molar-refractivity contribution in [1.29, 1.82) is 0 Å². The highest BCUT2D eigenvalue weighted by atomic mass is 28.3. The number of carbonyl (C=O) groups excluding carboxylic acids is 1. The topological polar surface area (TPSA) is 78.7 Å². The summed E-state index contributed by atoms with van der Waals surface area (Å²) in [5, 5.41) is 0. The molecule has 2 aromatic heterocycles. The van der Waals surface area contributed by atoms with Gasteiger partial charge < -0.3 is 23.7 Å². The third-order valence-electron chi connectivity index (χ3n) is 7.07. The first-order valence-corrected chi connectivity index (χ1v) is 17.2. The van der Waals surface area contributed by atoms with Gasteiger partial charge in [-0.15, -0.1) is 0 Å². The first-order valence-electron chi connectivity index (χ1n) is 13.5. The summed E-state index contributed by atoms with van der Waals surface area (Å²) in [7, 11) is -1.14. The van der Waals surface area contributed by atoms with Gasteiger partial charge in [0, 0.05) is 58.7 Å². The van der Waals surface area contributed by atoms with Gasteiger partial charge in [-0.1, -0.05) is 19.6 Å². The average molecular weight is 517 g/mol. The van der Waals surface area contributed by atoms with E-state index in [1.165, 1.54) is 5.56 Å². The van der Waals surface area contributed by atoms with E-state index in [2.05, 4.69) is 30.4 Å². The predicted molar refractivity (Wildman–Crippen MR) is 144 cm³/mol. The highest BCUT2D eigenvalue weighted by Crippen LogP contribution is 2.35. The fourth-order valence-corrected chi connectivity index (χ4v) is 5.68. The molecule has 8 nitrogen and oxygen atoms in total. The Hall–Kier alpha value is -1.97. The molecule has 36 heavy (non-hydrogen) atoms. The lowest BCUT2D eigenvalue weighted by molar-refractivity contribution is 0.0205. The highest BCUT2D eigenvalue weighted by Gasteiger charge is 2.30. The second-order valence-corrected chi connectivity index (χ2v) is 18.1. The number of likely N-dealkylation sites (tertiary alicyclic amines) is 1. The maximum absolute atomic E-state index is 12.6. The van der Waals surface area contributed by atoms with Gasteiger partial charge in [-0.3, -0.25) is 0 Å². The van der Waals surface area contributed by atoms with Crippen molar-refractivity contribution >= 4 is 25.3 Å². The molecule has 4 rings (SSSR count). The van der Waals surface area contributed by atoms with Crippen LogP contribution in [0.2, 0.25) is 25.7 Å². The normalized spacial score (nSPS) is 18.7. The van der Waals surface area contributed by atoms with Crippen LogP contribution in [0.25, 0.3) is 11.2 Å². The molecule has 0 unspecified atom stereocenters. The molecule has 200 valence electrons. The molecule has 0 saturated carbocycles. The molecule has 0 N–H and O–H groups in total. The molecular weight excluding hydrogens is 472 g/mol. The van der Waals surface area contributed by atoms with Crippen molar-refractivity contribution in [3.05, 3.63) is 23.7 Å². The van der Waals surface area contributed by atoms with Crippen molar-refractivity contribution in [1.82, 2.24) is 19.4 Å². The Morgan fingerprint density at radius 1 is 1.11 bits per heavy atom. The summed E-state index contributed by atoms with van der Waals surface area (Å²) in [6.45, 7) is 17.0. The Kier molecular flexibility index (Phi) is 8.41. The third-order valence-corrected chi connectivity index (χ3v) is 8.77. The number of piperidine rings is 1. The summed E-state index contributed by atoms with van der Waals surface area (Å²) in [6.07, 6.45) is 7.68. The van der Waals surface area contributed by atoms with Crippen molar-refractivity contribution in [2.24, 2.45) is 0 Å². The number of fused-ring (bicyclic) bond motifs is 1. The van der Waals surface area contributed by atoms with Crippen molar-refractivity contribution in [3.8, 4) is 0 Å². The van der Waals surface area contributed by atoms with E-state index in [0.29, 0.717) is 31.7 Å². The lowest BCUT2D eigenvalue weighted by atomic mass is 9.90. The number of rotatable bonds is 7. The van der Waals surface area contributed by atoms with E-state index in [0.717, 1.165) is 68.4 Å². The minimum Gasteiger partial charge on any atom is -0.444 e. The molecule has 0 spiro atoms. The van der Waals surface area contributed by atoms with Crippen molar-refractivity contribution in [2.75, 3.05) is 32.9 Å². The fourth-order valence-electron chi connectivity index (χ4n) is 4.92. The quantitative estimate of drug-likeness (QED) is 0.344. The molecule has 2 fully saturated rings. The zero-order valence-corrected chi connectivity index (χ0v) is 24.0. The number of hydrogen-bond donors (Lipinski definition) is 0. The number of ether oxygens (including phenoxy) is 3. The predicted octanol–water partition coefficient (Wildman–Crippen LogP) is 5.75. The van der Waals surface area contributed by atoms with Crippen molar-refractivity contribution in [3.63, 3.8) is 0 Å². The van der Waals surface area contributed by atoms with Gasteiger partial charge in [0.15, 0.2) is 5.65 Å². The van der Waals surface area contributed by atoms with Crippen LogP contribution in [0.3, 0.4) is 0 Å². The summed E-state index contributed by atoms with van der Waals surface area (Å²) < 4.78 is 19.4. The van der Waals surface area contributed by atoms with E-state index in [1.54, 1.807) is 0 Å². The third kappa shape index (κ3) is 7.07. The Labute approximate surface area is 216 Å². The van der Waals surface area contributed by atoms with Crippen LogP contribution in [0.4, 0.5) is 4.79 Å². The van der Waals surface area contributed by atoms with E-state index in [9.17, 15) is 4.79 Å². The maximum Gasteiger partial charge on any atom is 0.410 e. The first kappa shape index (κ1) is 27.1. The molecule has 2 aromatic rings. The van der Waals surface area contributed by atoms with E-state index in [-0.39, 0.29) is 6.09 Å². The number of aromatic nitrogens is 3. The second-order valence-electron chi connectivity index (χ2n) is 12.5. The van der Waals surface area contributed by atoms with Crippen LogP contribution in [0.1, 0.15) is 69.5 Å². The number of nitrogens with zero attached hydrogens (tertiary/aromatic N) is 4. The Morgan fingerprint density at radius 3 is 2.44 bits per heavy atom. The lowest BCUT2D eigenvalue weighted by Crippen LogP contribution is -2.41. The smallest absolute Gasteiger partial charge is 0.410 e. The number of carbonyl (C=O) groups is 1. The molecule has 4 heterocycles. The molecule has 1 amide bonds. The summed E-state index contributed by atoms with van der Waals surface area (Å²) >= 11 is 0. The van der Waals surface area contributed by atoms with Gasteiger partial charge in [-0.2, -0.15) is 0 Å². The SMILES string of the molecule is CC(C)(C)OC(=O)N1CCC(c2cn(COCC[Si](C)(C)C)c3ncc(C4CCOCC4)nc23)CC1. The van der Waals surface area contributed by atoms with E-state index < -0.39 is 13.7 Å². The molecule has 2 saturated heterocycles. The minimum atomic E-state index is -1.14. The second kappa shape index (κ2) is 11.2. The maximum atomic E-state index is 12.6. The van der Waals surface area contributed by atoms with Crippen LogP contribution in [0.15, 0.2) is 12.4 Å². The standard InChI is InChI=1S/C27H44N4O4Si/c1-27(2,3)35-26(32)30-11-7-20(8-12-30)22-18-31(19-34-15-16-36(4,5)6)25-24(22)29-23(17-28-25)21-9-13-33-14-10-21/h17-18,20-21H,7-16,19H2,1-6H3. The zero-order valence-electron chi connectivity index (χ0n) is 23.0. The molecule has 0 aliphatic carbocycles. The lowest BCUT2D eigenvalue weighted by Gasteiger charge is -2.33. The molecule has 2 aliphatic heterocycles. The fraction of sp³-hybridized carbons (Fsp3) is 0.741. The molecule has 0 bridgehead atoms. The largest absolute Gasteiger partial charge is 0.444 e. The highest BCUT2D eigenvalue weighted by molar-refractivity contribution is 6.76. The molecule has 0 radical (unpaired) electrons. The van der Waals surface area contributed by atoms with Crippen LogP contribution in [0, 0.1) is 0 Å². The number of hydrogen-bond acceptors (Lipinski definition) is 6. The first-order chi connectivity index (χ1) is 17.0. The molecule has 0 aromatic carbocycles. The van der Waals surface area contributed by atoms with Crippen molar-refractivity contribution in [2.45, 2.75) is 96.3 Å². The van der Waals surface area contributed by atoms with Gasteiger partial charge in [0.25, 0.3) is 0 Å². The number of amides is 1. The van der Waals surface area contributed by atoms with E-state index in [4.69, 9.17) is 24.2 Å². The molecular formula is C27H44N4O4Si. The van der Waals surface area contributed by atoms with Crippen LogP contribution < -0.4 is 0 Å². The summed E-state index contributed by atoms with van der Waals surface area (Å²) in [6, 6.07) is 1.14. The van der Waals surface area contributed by atoms with Gasteiger partial charge >= 0.3 is 6.09 Å². The van der Waals surface area contributed by atoms with Crippen molar-refractivity contribution < 1.29 is 19.0 Å². The monoisotopic (exact) mass is 516 g/mol. The molecule has 9 heteroatoms. The summed E-state index contributed by atoms with van der Waals surface area (Å²) in [5.74, 6) is 0.725. The van der Waals surface area contributed by atoms with Gasteiger partial charge in [-0.05, 0) is 58.4 Å². The molecule has 2 aliphatic rings. The van der Waals surface area contributed by atoms with Crippen LogP contribution in [-0.4, -0.2) is 72.1 Å². The van der Waals surface area contributed by atoms with Crippen LogP contribution in [-0.2, 0) is 20.9 Å². The van der Waals surface area contributed by atoms with Gasteiger partial charge in [0.2, 0.25) is 0 Å². The molecule has 0 atom stereocenters. The summed E-state index contributed by atoms with van der Waals surface area (Å²) in [4.78, 5) is 24.5. The van der Waals surface area contributed by atoms with E-state index in [1.807, 2.05) is 31.9 Å². The zero-order chi connectivity index (χ0) is 25.9. The summed E-state index contributed by atoms with van der Waals surface area (Å²) in [5.41, 5.74) is 3.69. The Balaban J connectivity index is 1.53. The van der Waals surface area contributed by atoms with Gasteiger partial charge in [0.1, 0.15) is 17.8 Å².